The predicted octanol–water partition coefficient (Wildman–Crippen LogP) is -0.435. The first-order valence-corrected chi connectivity index (χ1v) is 4.36. The number of hydrogen-bond acceptors (Lipinski definition) is 3. The van der Waals surface area contributed by atoms with Crippen LogP contribution in [0.5, 0.6) is 0 Å². The Morgan fingerprint density at radius 1 is 0.929 bits per heavy atom. The first-order valence-electron chi connectivity index (χ1n) is 4.36. The van der Waals surface area contributed by atoms with Crippen molar-refractivity contribution in [2.45, 2.75) is 6.10 Å². The molecule has 0 spiro atoms. The minimum atomic E-state index is -1.15. The fraction of sp³-hybridized carbons (Fsp3) is 0.556. The number of aliphatic carboxylic acids is 2. The Hall–Kier alpha value is -1.36. The summed E-state index contributed by atoms with van der Waals surface area (Å²) < 4.78 is 0. The second kappa shape index (κ2) is 2.81. The van der Waals surface area contributed by atoms with Crippen molar-refractivity contribution in [1.82, 2.24) is 0 Å². The summed E-state index contributed by atoms with van der Waals surface area (Å²) in [5.74, 6) is -5.35. The van der Waals surface area contributed by atoms with E-state index in [0.717, 1.165) is 0 Å². The average Bonchev–Trinajstić information content (AvgIpc) is 2.58. The van der Waals surface area contributed by atoms with E-state index in [9.17, 15) is 14.7 Å². The summed E-state index contributed by atoms with van der Waals surface area (Å²) in [6.07, 6.45) is 2.36. The van der Waals surface area contributed by atoms with Gasteiger partial charge in [0.1, 0.15) is 0 Å². The molecule has 5 heteroatoms. The average molecular weight is 198 g/mol. The molecule has 4 atom stereocenters. The highest BCUT2D eigenvalue weighted by Crippen LogP contribution is 2.48. The Balaban J connectivity index is 2.36. The largest absolute Gasteiger partial charge is 0.481 e. The van der Waals surface area contributed by atoms with Gasteiger partial charge in [0.15, 0.2) is 0 Å². The van der Waals surface area contributed by atoms with Gasteiger partial charge in [-0.1, -0.05) is 12.2 Å². The van der Waals surface area contributed by atoms with Gasteiger partial charge >= 0.3 is 11.9 Å². The number of aliphatic hydroxyl groups excluding tert-OH is 1. The molecule has 0 aliphatic heterocycles. The molecule has 0 radical (unpaired) electrons. The van der Waals surface area contributed by atoms with Crippen molar-refractivity contribution in [3.8, 4) is 0 Å². The van der Waals surface area contributed by atoms with Gasteiger partial charge in [-0.05, 0) is 0 Å². The lowest BCUT2D eigenvalue weighted by Gasteiger charge is -2.19. The number of carboxylic acid groups (broad SMARTS) is 2. The minimum Gasteiger partial charge on any atom is -0.481 e. The van der Waals surface area contributed by atoms with Crippen molar-refractivity contribution in [1.29, 1.82) is 0 Å². The first kappa shape index (κ1) is 9.21. The summed E-state index contributed by atoms with van der Waals surface area (Å²) in [4.78, 5) is 21.7. The highest BCUT2D eigenvalue weighted by Gasteiger charge is 2.57. The van der Waals surface area contributed by atoms with E-state index in [2.05, 4.69) is 0 Å². The zero-order valence-corrected chi connectivity index (χ0v) is 7.20. The third kappa shape index (κ3) is 0.988. The molecule has 5 nitrogen and oxygen atoms in total. The highest BCUT2D eigenvalue weighted by molar-refractivity contribution is 5.82. The van der Waals surface area contributed by atoms with Gasteiger partial charge < -0.3 is 15.3 Å². The zero-order chi connectivity index (χ0) is 10.5. The summed E-state index contributed by atoms with van der Waals surface area (Å²) in [6, 6.07) is 0. The van der Waals surface area contributed by atoms with E-state index < -0.39 is 41.7 Å². The molecule has 1 saturated carbocycles. The van der Waals surface area contributed by atoms with Crippen LogP contribution in [0.3, 0.4) is 0 Å². The maximum absolute atomic E-state index is 10.8. The number of carbonyl (C=O) groups is 2. The zero-order valence-electron chi connectivity index (χ0n) is 7.20. The SMILES string of the molecule is O=C(O)C1C2C=CC(C2O)C1C(=O)O. The number of fused-ring (bicyclic) bond motifs is 2. The second-order valence-electron chi connectivity index (χ2n) is 3.76. The molecule has 2 aliphatic rings. The summed E-state index contributed by atoms with van der Waals surface area (Å²) in [7, 11) is 0. The van der Waals surface area contributed by atoms with Crippen LogP contribution in [0.4, 0.5) is 0 Å². The smallest absolute Gasteiger partial charge is 0.308 e. The minimum absolute atomic E-state index is 0.543. The van der Waals surface area contributed by atoms with E-state index in [0.29, 0.717) is 0 Å². The van der Waals surface area contributed by atoms with E-state index in [-0.39, 0.29) is 0 Å². The molecule has 0 saturated heterocycles. The van der Waals surface area contributed by atoms with Crippen molar-refractivity contribution in [3.63, 3.8) is 0 Å². The molecular formula is C9H10O5. The molecule has 0 amide bonds. The van der Waals surface area contributed by atoms with Gasteiger partial charge in [0, 0.05) is 11.8 Å². The number of carboxylic acids is 2. The lowest BCUT2D eigenvalue weighted by molar-refractivity contribution is -0.154. The lowest BCUT2D eigenvalue weighted by Crippen LogP contribution is -2.32. The molecule has 2 aliphatic carbocycles. The van der Waals surface area contributed by atoms with E-state index >= 15 is 0 Å². The van der Waals surface area contributed by atoms with Gasteiger partial charge in [-0.2, -0.15) is 0 Å². The van der Waals surface area contributed by atoms with Gasteiger partial charge in [0.05, 0.1) is 17.9 Å². The van der Waals surface area contributed by atoms with Crippen molar-refractivity contribution >= 4 is 11.9 Å². The standard InChI is InChI=1S/C9H10O5/c10-7-3-1-2-4(7)6(9(13)14)5(3)8(11)12/h1-7,10H,(H,11,12)(H,13,14). The highest BCUT2D eigenvalue weighted by atomic mass is 16.4. The molecule has 0 aromatic carbocycles. The van der Waals surface area contributed by atoms with Crippen molar-refractivity contribution in [2.24, 2.45) is 23.7 Å². The van der Waals surface area contributed by atoms with Crippen LogP contribution in [0.2, 0.25) is 0 Å². The quantitative estimate of drug-likeness (QED) is 0.523. The van der Waals surface area contributed by atoms with Gasteiger partial charge in [-0.25, -0.2) is 0 Å². The Labute approximate surface area is 79.7 Å². The number of hydrogen-bond donors (Lipinski definition) is 3. The van der Waals surface area contributed by atoms with Gasteiger partial charge in [0.2, 0.25) is 0 Å². The normalized spacial score (nSPS) is 44.2. The fourth-order valence-electron chi connectivity index (χ4n) is 2.52. The first-order chi connectivity index (χ1) is 6.54. The van der Waals surface area contributed by atoms with Gasteiger partial charge in [-0.15, -0.1) is 0 Å². The molecule has 0 aromatic heterocycles. The summed E-state index contributed by atoms with van der Waals surface area (Å²) in [5.41, 5.74) is 0. The maximum atomic E-state index is 10.8. The predicted molar refractivity (Wildman–Crippen MR) is 44.4 cm³/mol. The van der Waals surface area contributed by atoms with E-state index in [1.807, 2.05) is 0 Å². The van der Waals surface area contributed by atoms with Crippen LogP contribution in [0.1, 0.15) is 0 Å². The topological polar surface area (TPSA) is 94.8 Å². The van der Waals surface area contributed by atoms with Crippen LogP contribution < -0.4 is 0 Å². The van der Waals surface area contributed by atoms with Crippen LogP contribution >= 0.6 is 0 Å². The van der Waals surface area contributed by atoms with Crippen molar-refractivity contribution < 1.29 is 24.9 Å². The number of aliphatic hydroxyl groups is 1. The van der Waals surface area contributed by atoms with E-state index in [1.165, 1.54) is 0 Å². The van der Waals surface area contributed by atoms with Gasteiger partial charge in [0.25, 0.3) is 0 Å². The summed E-state index contributed by atoms with van der Waals surface area (Å²) in [6.45, 7) is 0. The monoisotopic (exact) mass is 198 g/mol. The number of rotatable bonds is 2. The van der Waals surface area contributed by atoms with Crippen LogP contribution in [-0.4, -0.2) is 33.4 Å². The second-order valence-corrected chi connectivity index (χ2v) is 3.76. The molecule has 1 fully saturated rings. The van der Waals surface area contributed by atoms with Crippen LogP contribution in [0.25, 0.3) is 0 Å². The van der Waals surface area contributed by atoms with Crippen LogP contribution in [-0.2, 0) is 9.59 Å². The molecule has 3 N–H and O–H groups in total. The van der Waals surface area contributed by atoms with E-state index in [4.69, 9.17) is 10.2 Å². The Bertz CT molecular complexity index is 291. The molecule has 2 bridgehead atoms. The third-order valence-corrected chi connectivity index (χ3v) is 3.13. The third-order valence-electron chi connectivity index (χ3n) is 3.13. The Kier molecular flexibility index (Phi) is 1.85. The molecular weight excluding hydrogens is 188 g/mol. The molecule has 76 valence electrons. The Morgan fingerprint density at radius 3 is 1.57 bits per heavy atom. The Morgan fingerprint density at radius 2 is 1.29 bits per heavy atom. The fourth-order valence-corrected chi connectivity index (χ4v) is 2.52. The van der Waals surface area contributed by atoms with Crippen molar-refractivity contribution in [3.05, 3.63) is 12.2 Å². The van der Waals surface area contributed by atoms with Gasteiger partial charge in [-0.3, -0.25) is 9.59 Å². The molecule has 0 heterocycles. The summed E-state index contributed by atoms with van der Waals surface area (Å²) in [5, 5.41) is 27.3. The summed E-state index contributed by atoms with van der Waals surface area (Å²) >= 11 is 0. The van der Waals surface area contributed by atoms with E-state index in [1.54, 1.807) is 12.2 Å². The van der Waals surface area contributed by atoms with Crippen LogP contribution in [0, 0.1) is 23.7 Å². The lowest BCUT2D eigenvalue weighted by atomic mass is 9.83. The molecule has 0 aromatic rings. The van der Waals surface area contributed by atoms with Crippen LogP contribution in [0.15, 0.2) is 12.2 Å². The molecule has 14 heavy (non-hydrogen) atoms. The molecule has 2 rings (SSSR count). The maximum Gasteiger partial charge on any atom is 0.308 e. The molecule has 4 unspecified atom stereocenters. The van der Waals surface area contributed by atoms with Crippen molar-refractivity contribution in [2.75, 3.05) is 0 Å².